The van der Waals surface area contributed by atoms with Crippen LogP contribution in [0.2, 0.25) is 0 Å². The third-order valence-corrected chi connectivity index (χ3v) is 3.22. The molecule has 1 aromatic rings. The Morgan fingerprint density at radius 3 is 2.50 bits per heavy atom. The summed E-state index contributed by atoms with van der Waals surface area (Å²) in [7, 11) is 0. The lowest BCUT2D eigenvalue weighted by Crippen LogP contribution is -2.42. The van der Waals surface area contributed by atoms with Gasteiger partial charge in [0.15, 0.2) is 5.78 Å². The molecule has 1 aliphatic heterocycles. The van der Waals surface area contributed by atoms with Crippen LogP contribution in [0.4, 0.5) is 0 Å². The third-order valence-electron chi connectivity index (χ3n) is 3.22. The van der Waals surface area contributed by atoms with E-state index in [-0.39, 0.29) is 30.7 Å². The van der Waals surface area contributed by atoms with Crippen LogP contribution in [-0.4, -0.2) is 35.6 Å². The zero-order chi connectivity index (χ0) is 14.5. The van der Waals surface area contributed by atoms with Crippen molar-refractivity contribution < 1.29 is 19.1 Å². The Morgan fingerprint density at radius 1 is 1.20 bits per heavy atom. The van der Waals surface area contributed by atoms with Crippen LogP contribution in [0.15, 0.2) is 24.3 Å². The zero-order valence-electron chi connectivity index (χ0n) is 11.4. The van der Waals surface area contributed by atoms with Gasteiger partial charge in [-0.1, -0.05) is 12.1 Å². The predicted molar refractivity (Wildman–Crippen MR) is 72.5 cm³/mol. The summed E-state index contributed by atoms with van der Waals surface area (Å²) < 4.78 is 5.53. The van der Waals surface area contributed by atoms with Crippen molar-refractivity contribution in [3.63, 3.8) is 0 Å². The number of nitrogens with zero attached hydrogens (tertiary/aromatic N) is 1. The lowest BCUT2D eigenvalue weighted by molar-refractivity contribution is -0.148. The van der Waals surface area contributed by atoms with Gasteiger partial charge in [0.05, 0.1) is 12.1 Å². The van der Waals surface area contributed by atoms with Crippen LogP contribution in [0.5, 0.6) is 5.75 Å². The SMILES string of the molecule is CC(=O)c1ccccc1OCCN1C(=O)CCCC1=O. The van der Waals surface area contributed by atoms with Crippen molar-refractivity contribution in [1.29, 1.82) is 0 Å². The Kier molecular flexibility index (Phi) is 4.50. The van der Waals surface area contributed by atoms with E-state index in [1.807, 2.05) is 0 Å². The van der Waals surface area contributed by atoms with Crippen LogP contribution < -0.4 is 4.74 Å². The summed E-state index contributed by atoms with van der Waals surface area (Å²) in [5.74, 6) is 0.108. The molecule has 0 atom stereocenters. The minimum absolute atomic E-state index is 0.0780. The molecule has 1 saturated heterocycles. The van der Waals surface area contributed by atoms with Crippen molar-refractivity contribution >= 4 is 17.6 Å². The number of hydrogen-bond acceptors (Lipinski definition) is 4. The molecule has 0 saturated carbocycles. The van der Waals surface area contributed by atoms with E-state index in [4.69, 9.17) is 4.74 Å². The second-order valence-corrected chi connectivity index (χ2v) is 4.69. The minimum Gasteiger partial charge on any atom is -0.491 e. The van der Waals surface area contributed by atoms with Gasteiger partial charge >= 0.3 is 0 Å². The molecule has 1 fully saturated rings. The molecule has 0 radical (unpaired) electrons. The van der Waals surface area contributed by atoms with E-state index in [0.29, 0.717) is 30.6 Å². The molecule has 5 heteroatoms. The average Bonchev–Trinajstić information content (AvgIpc) is 2.42. The summed E-state index contributed by atoms with van der Waals surface area (Å²) in [6.07, 6.45) is 1.45. The van der Waals surface area contributed by atoms with E-state index >= 15 is 0 Å². The van der Waals surface area contributed by atoms with Gasteiger partial charge in [0.25, 0.3) is 0 Å². The number of carbonyl (C=O) groups excluding carboxylic acids is 3. The molecule has 0 spiro atoms. The van der Waals surface area contributed by atoms with E-state index in [1.54, 1.807) is 24.3 Å². The van der Waals surface area contributed by atoms with Crippen LogP contribution in [0, 0.1) is 0 Å². The fourth-order valence-corrected chi connectivity index (χ4v) is 2.18. The van der Waals surface area contributed by atoms with E-state index in [9.17, 15) is 14.4 Å². The van der Waals surface area contributed by atoms with Crippen molar-refractivity contribution in [3.05, 3.63) is 29.8 Å². The molecule has 0 unspecified atom stereocenters. The maximum Gasteiger partial charge on any atom is 0.229 e. The minimum atomic E-state index is -0.148. The van der Waals surface area contributed by atoms with Crippen molar-refractivity contribution in [1.82, 2.24) is 4.90 Å². The number of hydrogen-bond donors (Lipinski definition) is 0. The highest BCUT2D eigenvalue weighted by Gasteiger charge is 2.25. The lowest BCUT2D eigenvalue weighted by atomic mass is 10.1. The molecular formula is C15H17NO4. The fourth-order valence-electron chi connectivity index (χ4n) is 2.18. The van der Waals surface area contributed by atoms with Gasteiger partial charge in [0, 0.05) is 12.8 Å². The maximum atomic E-state index is 11.6. The van der Waals surface area contributed by atoms with Crippen molar-refractivity contribution in [3.8, 4) is 5.75 Å². The Hall–Kier alpha value is -2.17. The van der Waals surface area contributed by atoms with Crippen molar-refractivity contribution in [2.75, 3.05) is 13.2 Å². The van der Waals surface area contributed by atoms with Crippen molar-refractivity contribution in [2.24, 2.45) is 0 Å². The molecule has 0 aliphatic carbocycles. The standard InChI is InChI=1S/C15H17NO4/c1-11(17)12-5-2-3-6-13(12)20-10-9-16-14(18)7-4-8-15(16)19/h2-3,5-6H,4,7-10H2,1H3. The molecular weight excluding hydrogens is 258 g/mol. The zero-order valence-corrected chi connectivity index (χ0v) is 11.4. The van der Waals surface area contributed by atoms with Gasteiger partial charge in [0.2, 0.25) is 11.8 Å². The molecule has 2 rings (SSSR count). The first-order chi connectivity index (χ1) is 9.59. The van der Waals surface area contributed by atoms with Crippen LogP contribution in [0.3, 0.4) is 0 Å². The summed E-state index contributed by atoms with van der Waals surface area (Å²) in [6, 6.07) is 6.94. The normalized spacial score (nSPS) is 15.3. The van der Waals surface area contributed by atoms with Gasteiger partial charge < -0.3 is 4.74 Å². The highest BCUT2D eigenvalue weighted by molar-refractivity contribution is 5.97. The molecule has 20 heavy (non-hydrogen) atoms. The van der Waals surface area contributed by atoms with Crippen LogP contribution in [0.25, 0.3) is 0 Å². The summed E-state index contributed by atoms with van der Waals surface area (Å²) in [5.41, 5.74) is 0.504. The lowest BCUT2D eigenvalue weighted by Gasteiger charge is -2.24. The Balaban J connectivity index is 1.94. The Bertz CT molecular complexity index is 522. The maximum absolute atomic E-state index is 11.6. The number of ether oxygens (including phenoxy) is 1. The van der Waals surface area contributed by atoms with Gasteiger partial charge in [-0.2, -0.15) is 0 Å². The van der Waals surface area contributed by atoms with Crippen LogP contribution in [0.1, 0.15) is 36.5 Å². The Labute approximate surface area is 117 Å². The van der Waals surface area contributed by atoms with Gasteiger partial charge in [0.1, 0.15) is 12.4 Å². The van der Waals surface area contributed by atoms with E-state index in [2.05, 4.69) is 0 Å². The number of imide groups is 1. The highest BCUT2D eigenvalue weighted by atomic mass is 16.5. The molecule has 106 valence electrons. The second kappa shape index (κ2) is 6.32. The number of ketones is 1. The van der Waals surface area contributed by atoms with E-state index < -0.39 is 0 Å². The monoisotopic (exact) mass is 275 g/mol. The second-order valence-electron chi connectivity index (χ2n) is 4.69. The number of Topliss-reactive ketones (excluding diaryl/α,β-unsaturated/α-hetero) is 1. The Morgan fingerprint density at radius 2 is 1.85 bits per heavy atom. The van der Waals surface area contributed by atoms with E-state index in [1.165, 1.54) is 11.8 Å². The molecule has 0 aromatic heterocycles. The first kappa shape index (κ1) is 14.2. The van der Waals surface area contributed by atoms with Gasteiger partial charge in [-0.15, -0.1) is 0 Å². The summed E-state index contributed by atoms with van der Waals surface area (Å²) in [6.45, 7) is 1.89. The van der Waals surface area contributed by atoms with Gasteiger partial charge in [-0.05, 0) is 25.5 Å². The van der Waals surface area contributed by atoms with Crippen LogP contribution in [-0.2, 0) is 9.59 Å². The number of rotatable bonds is 5. The third kappa shape index (κ3) is 3.23. The molecule has 2 amide bonds. The largest absolute Gasteiger partial charge is 0.491 e. The quantitative estimate of drug-likeness (QED) is 0.607. The number of para-hydroxylation sites is 1. The topological polar surface area (TPSA) is 63.7 Å². The number of carbonyl (C=O) groups is 3. The molecule has 1 heterocycles. The van der Waals surface area contributed by atoms with E-state index in [0.717, 1.165) is 0 Å². The first-order valence-electron chi connectivity index (χ1n) is 6.65. The molecule has 1 aromatic carbocycles. The number of benzene rings is 1. The molecule has 0 N–H and O–H groups in total. The van der Waals surface area contributed by atoms with Crippen molar-refractivity contribution in [2.45, 2.75) is 26.2 Å². The van der Waals surface area contributed by atoms with Crippen LogP contribution >= 0.6 is 0 Å². The molecule has 0 bridgehead atoms. The average molecular weight is 275 g/mol. The number of piperidine rings is 1. The summed E-state index contributed by atoms with van der Waals surface area (Å²) in [5, 5.41) is 0. The summed E-state index contributed by atoms with van der Waals surface area (Å²) in [4.78, 5) is 35.9. The smallest absolute Gasteiger partial charge is 0.229 e. The molecule has 5 nitrogen and oxygen atoms in total. The van der Waals surface area contributed by atoms with Gasteiger partial charge in [-0.3, -0.25) is 19.3 Å². The van der Waals surface area contributed by atoms with Gasteiger partial charge in [-0.25, -0.2) is 0 Å². The molecule has 1 aliphatic rings. The summed E-state index contributed by atoms with van der Waals surface area (Å²) >= 11 is 0. The highest BCUT2D eigenvalue weighted by Crippen LogP contribution is 2.18. The number of amides is 2. The first-order valence-corrected chi connectivity index (χ1v) is 6.65. The fraction of sp³-hybridized carbons (Fsp3) is 0.400. The predicted octanol–water partition coefficient (Wildman–Crippen LogP) is 1.81. The number of likely N-dealkylation sites (tertiary alicyclic amines) is 1.